The summed E-state index contributed by atoms with van der Waals surface area (Å²) in [5.74, 6) is -0.430. The summed E-state index contributed by atoms with van der Waals surface area (Å²) in [5.41, 5.74) is 2.16. The number of carbonyl (C=O) groups excluding carboxylic acids is 1. The van der Waals surface area contributed by atoms with Gasteiger partial charge in [0, 0.05) is 18.9 Å². The average Bonchev–Trinajstić information content (AvgIpc) is 2.69. The van der Waals surface area contributed by atoms with Crippen molar-refractivity contribution in [1.82, 2.24) is 19.3 Å². The zero-order valence-electron chi connectivity index (χ0n) is 14.9. The van der Waals surface area contributed by atoms with Gasteiger partial charge >= 0.3 is 0 Å². The van der Waals surface area contributed by atoms with Gasteiger partial charge in [-0.2, -0.15) is 0 Å². The summed E-state index contributed by atoms with van der Waals surface area (Å²) in [5, 5.41) is 11.4. The van der Waals surface area contributed by atoms with Gasteiger partial charge in [-0.1, -0.05) is 24.3 Å². The first-order chi connectivity index (χ1) is 13.0. The zero-order chi connectivity index (χ0) is 19.1. The fraction of sp³-hybridized carbons (Fsp3) is 0.100. The molecule has 0 aliphatic carbocycles. The highest BCUT2D eigenvalue weighted by Crippen LogP contribution is 2.16. The maximum Gasteiger partial charge on any atom is 0.267 e. The Morgan fingerprint density at radius 3 is 2.56 bits per heavy atom. The minimum absolute atomic E-state index is 0.0297. The van der Waals surface area contributed by atoms with E-state index in [-0.39, 0.29) is 22.0 Å². The molecule has 3 heterocycles. The van der Waals surface area contributed by atoms with Gasteiger partial charge in [-0.15, -0.1) is 0 Å². The van der Waals surface area contributed by atoms with Crippen LogP contribution in [0.1, 0.15) is 15.9 Å². The summed E-state index contributed by atoms with van der Waals surface area (Å²) in [4.78, 5) is 30.1. The van der Waals surface area contributed by atoms with Crippen LogP contribution in [0.2, 0.25) is 0 Å². The van der Waals surface area contributed by atoms with Crippen LogP contribution in [0, 0.1) is 12.3 Å². The summed E-state index contributed by atoms with van der Waals surface area (Å²) in [7, 11) is 1.49. The van der Waals surface area contributed by atoms with Crippen LogP contribution in [0.5, 0.6) is 0 Å². The number of aryl methyl sites for hydroxylation is 1. The van der Waals surface area contributed by atoms with E-state index in [1.54, 1.807) is 12.3 Å². The molecule has 0 unspecified atom stereocenters. The van der Waals surface area contributed by atoms with E-state index in [0.29, 0.717) is 17.0 Å². The van der Waals surface area contributed by atoms with Gasteiger partial charge in [-0.25, -0.2) is 4.98 Å². The number of pyridine rings is 2. The van der Waals surface area contributed by atoms with Crippen LogP contribution >= 0.6 is 0 Å². The fourth-order valence-corrected chi connectivity index (χ4v) is 3.17. The Hall–Kier alpha value is -3.74. The van der Waals surface area contributed by atoms with Crippen molar-refractivity contribution in [2.24, 2.45) is 0 Å². The molecule has 0 aliphatic heterocycles. The van der Waals surface area contributed by atoms with Crippen LogP contribution in [-0.4, -0.2) is 26.9 Å². The third kappa shape index (κ3) is 2.52. The lowest BCUT2D eigenvalue weighted by Crippen LogP contribution is -2.33. The highest BCUT2D eigenvalue weighted by atomic mass is 16.1. The molecule has 0 bridgehead atoms. The molecule has 0 atom stereocenters. The Labute approximate surface area is 154 Å². The van der Waals surface area contributed by atoms with E-state index in [9.17, 15) is 9.59 Å². The van der Waals surface area contributed by atoms with Crippen LogP contribution in [-0.2, 0) is 0 Å². The molecule has 4 rings (SSSR count). The van der Waals surface area contributed by atoms with Gasteiger partial charge < -0.3 is 5.32 Å². The average molecular weight is 359 g/mol. The normalized spacial score (nSPS) is 11.0. The van der Waals surface area contributed by atoms with E-state index >= 15 is 0 Å². The van der Waals surface area contributed by atoms with Crippen molar-refractivity contribution in [2.75, 3.05) is 7.05 Å². The number of nitrogens with zero attached hydrogens (tertiary/aromatic N) is 3. The fourth-order valence-electron chi connectivity index (χ4n) is 3.17. The number of fused-ring (bicyclic) bond motifs is 2. The van der Waals surface area contributed by atoms with Crippen LogP contribution < -0.4 is 16.4 Å². The largest absolute Gasteiger partial charge is 0.355 e. The van der Waals surface area contributed by atoms with E-state index in [1.807, 2.05) is 43.3 Å². The molecular weight excluding hydrogens is 342 g/mol. The number of rotatable bonds is 2. The van der Waals surface area contributed by atoms with Crippen molar-refractivity contribution in [2.45, 2.75) is 6.92 Å². The van der Waals surface area contributed by atoms with E-state index < -0.39 is 5.91 Å². The predicted octanol–water partition coefficient (Wildman–Crippen LogP) is 1.79. The Morgan fingerprint density at radius 2 is 1.85 bits per heavy atom. The third-order valence-electron chi connectivity index (χ3n) is 4.53. The lowest BCUT2D eigenvalue weighted by atomic mass is 10.1. The van der Waals surface area contributed by atoms with E-state index in [1.165, 1.54) is 22.1 Å². The summed E-state index contributed by atoms with van der Waals surface area (Å²) >= 11 is 0. The summed E-state index contributed by atoms with van der Waals surface area (Å²) in [6, 6.07) is 14.2. The van der Waals surface area contributed by atoms with Crippen molar-refractivity contribution in [3.63, 3.8) is 0 Å². The molecule has 27 heavy (non-hydrogen) atoms. The quantitative estimate of drug-likeness (QED) is 0.535. The number of aromatic nitrogens is 3. The van der Waals surface area contributed by atoms with Crippen molar-refractivity contribution in [1.29, 1.82) is 5.41 Å². The topological polar surface area (TPSA) is 92.2 Å². The first-order valence-electron chi connectivity index (χ1n) is 8.43. The van der Waals surface area contributed by atoms with E-state index in [0.717, 1.165) is 5.56 Å². The molecular formula is C20H17N5O2. The number of hydrogen-bond donors (Lipinski definition) is 2. The Bertz CT molecular complexity index is 1320. The number of amides is 1. The number of hydrogen-bond acceptors (Lipinski definition) is 4. The molecule has 1 aromatic carbocycles. The molecule has 0 radical (unpaired) electrons. The molecule has 1 amide bonds. The van der Waals surface area contributed by atoms with Gasteiger partial charge in [0.2, 0.25) is 0 Å². The summed E-state index contributed by atoms with van der Waals surface area (Å²) in [6.45, 7) is 1.88. The summed E-state index contributed by atoms with van der Waals surface area (Å²) in [6.07, 6.45) is 1.65. The molecule has 0 saturated carbocycles. The molecule has 3 aromatic heterocycles. The van der Waals surface area contributed by atoms with Gasteiger partial charge in [0.05, 0.1) is 10.9 Å². The van der Waals surface area contributed by atoms with Gasteiger partial charge in [-0.3, -0.25) is 24.0 Å². The van der Waals surface area contributed by atoms with Gasteiger partial charge in [-0.05, 0) is 36.8 Å². The monoisotopic (exact) mass is 359 g/mol. The highest BCUT2D eigenvalue weighted by molar-refractivity contribution is 5.97. The Balaban J connectivity index is 2.28. The molecule has 0 spiro atoms. The van der Waals surface area contributed by atoms with Crippen LogP contribution in [0.3, 0.4) is 0 Å². The molecule has 134 valence electrons. The van der Waals surface area contributed by atoms with E-state index in [4.69, 9.17) is 5.41 Å². The van der Waals surface area contributed by atoms with E-state index in [2.05, 4.69) is 10.3 Å². The smallest absolute Gasteiger partial charge is 0.267 e. The molecule has 2 N–H and O–H groups in total. The zero-order valence-corrected chi connectivity index (χ0v) is 14.9. The standard InChI is InChI=1S/C20H17N5O2/c1-12-7-6-10-24-17(12)23-18-15(20(24)27)11-14(19(26)22-2)16(21)25(18)13-8-4-3-5-9-13/h3-11,21H,1-2H3,(H,22,26). The second kappa shape index (κ2) is 6.21. The van der Waals surface area contributed by atoms with Crippen LogP contribution in [0.25, 0.3) is 22.4 Å². The number of nitrogens with one attached hydrogen (secondary N) is 2. The number of benzene rings is 1. The van der Waals surface area contributed by atoms with Gasteiger partial charge in [0.25, 0.3) is 11.5 Å². The molecule has 0 saturated heterocycles. The van der Waals surface area contributed by atoms with Gasteiger partial charge in [0.15, 0.2) is 5.65 Å². The SMILES string of the molecule is CNC(=O)c1cc2c(=O)n3cccc(C)c3nc2n(-c2ccccc2)c1=N. The second-order valence-electron chi connectivity index (χ2n) is 6.20. The maximum absolute atomic E-state index is 13.1. The number of carbonyl (C=O) groups is 1. The lowest BCUT2D eigenvalue weighted by molar-refractivity contribution is 0.0961. The van der Waals surface area contributed by atoms with Crippen molar-refractivity contribution in [3.05, 3.63) is 81.7 Å². The van der Waals surface area contributed by atoms with Crippen LogP contribution in [0.15, 0.2) is 59.5 Å². The lowest BCUT2D eigenvalue weighted by Gasteiger charge is -2.14. The highest BCUT2D eigenvalue weighted by Gasteiger charge is 2.18. The minimum Gasteiger partial charge on any atom is -0.355 e. The first-order valence-corrected chi connectivity index (χ1v) is 8.43. The number of para-hydroxylation sites is 1. The molecule has 4 aromatic rings. The molecule has 7 heteroatoms. The Morgan fingerprint density at radius 1 is 1.11 bits per heavy atom. The van der Waals surface area contributed by atoms with Crippen molar-refractivity contribution < 1.29 is 4.79 Å². The molecule has 0 fully saturated rings. The first kappa shape index (κ1) is 16.7. The summed E-state index contributed by atoms with van der Waals surface area (Å²) < 4.78 is 3.00. The van der Waals surface area contributed by atoms with Crippen LogP contribution in [0.4, 0.5) is 0 Å². The van der Waals surface area contributed by atoms with Crippen molar-refractivity contribution >= 4 is 22.6 Å². The third-order valence-corrected chi connectivity index (χ3v) is 4.53. The minimum atomic E-state index is -0.430. The predicted molar refractivity (Wildman–Crippen MR) is 102 cm³/mol. The molecule has 7 nitrogen and oxygen atoms in total. The second-order valence-corrected chi connectivity index (χ2v) is 6.20. The van der Waals surface area contributed by atoms with Gasteiger partial charge in [0.1, 0.15) is 11.1 Å². The molecule has 0 aliphatic rings. The van der Waals surface area contributed by atoms with Crippen molar-refractivity contribution in [3.8, 4) is 5.69 Å². The maximum atomic E-state index is 13.1. The Kier molecular flexibility index (Phi) is 3.84.